The second-order valence-corrected chi connectivity index (χ2v) is 11.9. The van der Waals surface area contributed by atoms with Gasteiger partial charge in [-0.25, -0.2) is 4.79 Å². The topological polar surface area (TPSA) is 72.8 Å². The molecule has 0 bridgehead atoms. The lowest BCUT2D eigenvalue weighted by Crippen LogP contribution is -2.53. The maximum atomic E-state index is 15.3. The average Bonchev–Trinajstić information content (AvgIpc) is 2.92. The molecule has 1 N–H and O–H groups in total. The number of carbonyl (C=O) groups excluding carboxylic acids is 2. The molecule has 0 aliphatic heterocycles. The molecule has 0 amide bonds. The zero-order valence-corrected chi connectivity index (χ0v) is 23.9. The van der Waals surface area contributed by atoms with Gasteiger partial charge in [0, 0.05) is 23.3 Å². The fraction of sp³-hybridized carbons (Fsp3) is 0.867. The van der Waals surface area contributed by atoms with E-state index < -0.39 is 47.5 Å². The summed E-state index contributed by atoms with van der Waals surface area (Å²) >= 11 is 0. The number of aliphatic hydroxyl groups excluding tert-OH is 1. The highest BCUT2D eigenvalue weighted by molar-refractivity contribution is 5.86. The number of halogens is 4. The molecule has 0 aromatic rings. The van der Waals surface area contributed by atoms with Gasteiger partial charge in [-0.05, 0) is 77.0 Å². The summed E-state index contributed by atoms with van der Waals surface area (Å²) in [5.41, 5.74) is 0.195. The number of unbranched alkanes of at least 4 members (excludes halogenated alkanes) is 2. The summed E-state index contributed by atoms with van der Waals surface area (Å²) in [6.45, 7) is 8.04. The van der Waals surface area contributed by atoms with Gasteiger partial charge in [0.25, 0.3) is 0 Å². The first-order valence-corrected chi connectivity index (χ1v) is 14.7. The van der Waals surface area contributed by atoms with E-state index in [4.69, 9.17) is 14.6 Å². The van der Waals surface area contributed by atoms with E-state index in [2.05, 4.69) is 13.5 Å². The highest BCUT2D eigenvalue weighted by atomic mass is 19.3. The molecule has 2 aliphatic rings. The van der Waals surface area contributed by atoms with E-state index in [0.29, 0.717) is 18.8 Å². The quantitative estimate of drug-likeness (QED) is 0.0974. The molecule has 0 heterocycles. The van der Waals surface area contributed by atoms with Crippen LogP contribution in [0.2, 0.25) is 0 Å². The molecule has 2 unspecified atom stereocenters. The lowest BCUT2D eigenvalue weighted by molar-refractivity contribution is -0.270. The molecule has 0 saturated heterocycles. The van der Waals surface area contributed by atoms with Crippen molar-refractivity contribution in [3.63, 3.8) is 0 Å². The van der Waals surface area contributed by atoms with Gasteiger partial charge >= 0.3 is 23.8 Å². The van der Waals surface area contributed by atoms with Crippen molar-refractivity contribution in [3.05, 3.63) is 12.2 Å². The van der Waals surface area contributed by atoms with Crippen molar-refractivity contribution in [2.45, 2.75) is 110 Å². The van der Waals surface area contributed by atoms with E-state index in [1.807, 2.05) is 0 Å². The molecule has 2 fully saturated rings. The van der Waals surface area contributed by atoms with Crippen LogP contribution in [-0.2, 0) is 19.1 Å². The molecule has 5 nitrogen and oxygen atoms in total. The minimum atomic E-state index is -4.09. The fourth-order valence-electron chi connectivity index (χ4n) is 6.03. The zero-order chi connectivity index (χ0) is 29.2. The summed E-state index contributed by atoms with van der Waals surface area (Å²) in [7, 11) is 0. The maximum Gasteiger partial charge on any atom is 0.333 e. The van der Waals surface area contributed by atoms with E-state index in [0.717, 1.165) is 25.7 Å². The molecule has 39 heavy (non-hydrogen) atoms. The summed E-state index contributed by atoms with van der Waals surface area (Å²) in [5.74, 6) is -13.2. The fourth-order valence-corrected chi connectivity index (χ4v) is 6.03. The van der Waals surface area contributed by atoms with Gasteiger partial charge < -0.3 is 14.6 Å². The van der Waals surface area contributed by atoms with Gasteiger partial charge in [0.05, 0.1) is 25.7 Å². The van der Waals surface area contributed by atoms with Gasteiger partial charge in [0.15, 0.2) is 0 Å². The predicted molar refractivity (Wildman–Crippen MR) is 141 cm³/mol. The van der Waals surface area contributed by atoms with Gasteiger partial charge in [-0.2, -0.15) is 17.6 Å². The van der Waals surface area contributed by atoms with Gasteiger partial charge in [0.2, 0.25) is 0 Å². The Bertz CT molecular complexity index is 786. The molecule has 2 aliphatic carbocycles. The lowest BCUT2D eigenvalue weighted by Gasteiger charge is -2.43. The van der Waals surface area contributed by atoms with Crippen molar-refractivity contribution in [3.8, 4) is 0 Å². The van der Waals surface area contributed by atoms with Crippen LogP contribution in [0.4, 0.5) is 17.6 Å². The smallest absolute Gasteiger partial charge is 0.333 e. The monoisotopic (exact) mass is 564 g/mol. The molecular weight excluding hydrogens is 516 g/mol. The van der Waals surface area contributed by atoms with E-state index in [9.17, 15) is 9.59 Å². The molecule has 2 atom stereocenters. The first-order chi connectivity index (χ1) is 18.3. The van der Waals surface area contributed by atoms with Crippen LogP contribution in [-0.4, -0.2) is 48.7 Å². The number of alkyl halides is 4. The van der Waals surface area contributed by atoms with E-state index in [1.165, 1.54) is 13.8 Å². The van der Waals surface area contributed by atoms with Crippen LogP contribution in [0.5, 0.6) is 0 Å². The van der Waals surface area contributed by atoms with Crippen LogP contribution in [0.15, 0.2) is 12.2 Å². The first-order valence-electron chi connectivity index (χ1n) is 14.7. The Morgan fingerprint density at radius 2 is 1.41 bits per heavy atom. The summed E-state index contributed by atoms with van der Waals surface area (Å²) < 4.78 is 71.8. The van der Waals surface area contributed by atoms with Crippen LogP contribution < -0.4 is 0 Å². The Hall–Kier alpha value is -1.64. The summed E-state index contributed by atoms with van der Waals surface area (Å²) in [4.78, 5) is 24.0. The molecular formula is C30H48F4O5. The predicted octanol–water partition coefficient (Wildman–Crippen LogP) is 7.36. The second-order valence-electron chi connectivity index (χ2n) is 11.9. The number of hydrogen-bond acceptors (Lipinski definition) is 5. The highest BCUT2D eigenvalue weighted by Crippen LogP contribution is 2.54. The lowest BCUT2D eigenvalue weighted by atomic mass is 9.69. The molecule has 0 radical (unpaired) electrons. The molecule has 0 spiro atoms. The van der Waals surface area contributed by atoms with Gasteiger partial charge in [-0.15, -0.1) is 0 Å². The first kappa shape index (κ1) is 33.6. The molecule has 0 aromatic heterocycles. The van der Waals surface area contributed by atoms with Gasteiger partial charge in [-0.3, -0.25) is 4.79 Å². The number of rotatable bonds is 15. The second kappa shape index (κ2) is 15.4. The zero-order valence-electron chi connectivity index (χ0n) is 23.9. The Morgan fingerprint density at radius 1 is 0.897 bits per heavy atom. The number of hydrogen-bond donors (Lipinski definition) is 1. The van der Waals surface area contributed by atoms with Crippen LogP contribution in [0.1, 0.15) is 97.8 Å². The van der Waals surface area contributed by atoms with E-state index >= 15 is 17.6 Å². The van der Waals surface area contributed by atoms with E-state index in [-0.39, 0.29) is 69.8 Å². The molecule has 2 rings (SSSR count). The highest BCUT2D eigenvalue weighted by Gasteiger charge is 2.64. The van der Waals surface area contributed by atoms with E-state index in [1.54, 1.807) is 0 Å². The van der Waals surface area contributed by atoms with Crippen molar-refractivity contribution in [1.29, 1.82) is 0 Å². The number of aliphatic hydroxyl groups is 1. The Morgan fingerprint density at radius 3 is 1.90 bits per heavy atom. The van der Waals surface area contributed by atoms with Crippen molar-refractivity contribution in [2.24, 2.45) is 35.5 Å². The third kappa shape index (κ3) is 9.19. The standard InChI is InChI=1S/C30H48F4O5/c1-5-6-7-8-22-9-13-25(14-10-22)29(31,32)30(33,34)26-15-11-23(12-16-26)24(18-38-27(36)20(2)3)19-39-28(37)21(4)17-35/h21-26,35H,2,5-19H2,1,3-4H3. The third-order valence-electron chi connectivity index (χ3n) is 8.86. The Labute approximate surface area is 231 Å². The van der Waals surface area contributed by atoms with Crippen molar-refractivity contribution >= 4 is 11.9 Å². The van der Waals surface area contributed by atoms with Crippen LogP contribution in [0.3, 0.4) is 0 Å². The molecule has 2 saturated carbocycles. The van der Waals surface area contributed by atoms with Crippen molar-refractivity contribution in [2.75, 3.05) is 19.8 Å². The minimum absolute atomic E-state index is 0.0778. The number of ether oxygens (including phenoxy) is 2. The number of esters is 2. The molecule has 0 aromatic carbocycles. The summed E-state index contributed by atoms with van der Waals surface area (Å²) in [5, 5.41) is 9.17. The summed E-state index contributed by atoms with van der Waals surface area (Å²) in [6, 6.07) is 0. The van der Waals surface area contributed by atoms with Crippen LogP contribution in [0, 0.1) is 35.5 Å². The van der Waals surface area contributed by atoms with Crippen LogP contribution in [0.25, 0.3) is 0 Å². The molecule has 226 valence electrons. The van der Waals surface area contributed by atoms with Gasteiger partial charge in [0.1, 0.15) is 0 Å². The average molecular weight is 565 g/mol. The molecule has 9 heteroatoms. The minimum Gasteiger partial charge on any atom is -0.465 e. The van der Waals surface area contributed by atoms with Gasteiger partial charge in [-0.1, -0.05) is 39.2 Å². The number of carbonyl (C=O) groups is 2. The largest absolute Gasteiger partial charge is 0.465 e. The normalized spacial score (nSPS) is 25.9. The van der Waals surface area contributed by atoms with Crippen molar-refractivity contribution in [1.82, 2.24) is 0 Å². The maximum absolute atomic E-state index is 15.3. The summed E-state index contributed by atoms with van der Waals surface area (Å²) in [6.07, 6.45) is 6.04. The third-order valence-corrected chi connectivity index (χ3v) is 8.86. The van der Waals surface area contributed by atoms with Crippen LogP contribution >= 0.6 is 0 Å². The SMILES string of the molecule is C=C(C)C(=O)OCC(COC(=O)C(C)CO)C1CCC(C(F)(F)C(F)(F)C2CCC(CCCCC)CC2)CC1. The van der Waals surface area contributed by atoms with Crippen molar-refractivity contribution < 1.29 is 41.7 Å². The Kier molecular flexibility index (Phi) is 13.2. The Balaban J connectivity index is 1.98.